The summed E-state index contributed by atoms with van der Waals surface area (Å²) in [5, 5.41) is 19.6. The summed E-state index contributed by atoms with van der Waals surface area (Å²) in [7, 11) is -15.9. The molecule has 24 heteroatoms. The van der Waals surface area contributed by atoms with Crippen molar-refractivity contribution in [1.82, 2.24) is 15.0 Å². The summed E-state index contributed by atoms with van der Waals surface area (Å²) in [4.78, 5) is 8.97. The second-order valence-electron chi connectivity index (χ2n) is 10.2. The van der Waals surface area contributed by atoms with Crippen LogP contribution in [0.25, 0.3) is 10.8 Å². The van der Waals surface area contributed by atoms with Gasteiger partial charge in [-0.15, -0.1) is 10.2 Å². The molecule has 0 fully saturated rings. The van der Waals surface area contributed by atoms with E-state index in [4.69, 9.17) is 11.6 Å². The van der Waals surface area contributed by atoms with E-state index in [9.17, 15) is 44.0 Å². The number of azo groups is 1. The van der Waals surface area contributed by atoms with E-state index in [1.165, 1.54) is 19.1 Å². The van der Waals surface area contributed by atoms with E-state index >= 15 is 0 Å². The van der Waals surface area contributed by atoms with E-state index in [-0.39, 0.29) is 100 Å². The first-order chi connectivity index (χ1) is 22.9. The molecular weight excluding hydrogens is 795 g/mol. The molecule has 256 valence electrons. The number of fused-ring (bicyclic) bond motifs is 1. The zero-order valence-corrected chi connectivity index (χ0v) is 37.2. The van der Waals surface area contributed by atoms with Crippen LogP contribution in [-0.4, -0.2) is 59.0 Å². The van der Waals surface area contributed by atoms with Crippen molar-refractivity contribution in [2.75, 3.05) is 10.4 Å². The van der Waals surface area contributed by atoms with Gasteiger partial charge < -0.3 is 18.8 Å². The van der Waals surface area contributed by atoms with E-state index < -0.39 is 72.9 Å². The van der Waals surface area contributed by atoms with Gasteiger partial charge in [0.05, 0.1) is 31.4 Å². The van der Waals surface area contributed by atoms with Crippen LogP contribution in [0, 0.1) is 6.92 Å². The first-order valence-electron chi connectivity index (χ1n) is 13.6. The van der Waals surface area contributed by atoms with Gasteiger partial charge in [0.1, 0.15) is 54.4 Å². The number of aromatic hydroxyl groups is 1. The van der Waals surface area contributed by atoms with Gasteiger partial charge in [-0.2, -0.15) is 9.97 Å². The minimum absolute atomic E-state index is 0. The molecule has 0 saturated carbocycles. The molecule has 0 spiro atoms. The van der Waals surface area contributed by atoms with Gasteiger partial charge in [-0.25, -0.2) is 35.2 Å². The fourth-order valence-electron chi connectivity index (χ4n) is 4.71. The van der Waals surface area contributed by atoms with Crippen LogP contribution in [0.3, 0.4) is 0 Å². The van der Waals surface area contributed by atoms with Crippen LogP contribution in [0.4, 0.5) is 28.7 Å². The molecular formula is C28H21ClN7Na3O10S3. The number of hydrogen-bond donors (Lipinski definition) is 2. The number of aromatic nitrogens is 3. The molecule has 52 heavy (non-hydrogen) atoms. The first kappa shape index (κ1) is 46.3. The summed E-state index contributed by atoms with van der Waals surface area (Å²) in [6.07, 6.45) is 2.60. The number of aryl methyl sites for hydroxylation is 2. The van der Waals surface area contributed by atoms with Gasteiger partial charge in [0, 0.05) is 5.02 Å². The van der Waals surface area contributed by atoms with Crippen LogP contribution >= 0.6 is 11.6 Å². The van der Waals surface area contributed by atoms with Gasteiger partial charge in [-0.1, -0.05) is 24.6 Å². The molecule has 0 unspecified atom stereocenters. The standard InChI is InChI=1S/C28H24ClN7O10S3.3Na/c1-3-16-9-18(29)5-7-20(16)35-36(28-31-13-30-14-32-28)22-12-19(47(38,39)40)10-17-11-24(49(44,45)46)26(27(37)25(17)22)34-33-21-6-4-15(2)8-23(21)48(41,42)43;;;/h4-14,35,37H,3H2,1-2H3,(H,38,39,40)(H,41,42,43)(H,44,45,46);;;/q;3*+1/p-3. The Balaban J connectivity index is 0.00000312. The number of rotatable bonds is 10. The molecule has 0 amide bonds. The summed E-state index contributed by atoms with van der Waals surface area (Å²) >= 11 is 6.17. The molecule has 0 atom stereocenters. The van der Waals surface area contributed by atoms with Crippen molar-refractivity contribution in [2.24, 2.45) is 10.2 Å². The van der Waals surface area contributed by atoms with E-state index in [1.54, 1.807) is 12.1 Å². The smallest absolute Gasteiger partial charge is 0.744 e. The van der Waals surface area contributed by atoms with Gasteiger partial charge in [-0.3, -0.25) is 5.43 Å². The molecule has 0 radical (unpaired) electrons. The van der Waals surface area contributed by atoms with Gasteiger partial charge in [-0.05, 0) is 78.4 Å². The van der Waals surface area contributed by atoms with Crippen LogP contribution in [-0.2, 0) is 36.8 Å². The quantitative estimate of drug-likeness (QED) is 0.0583. The Kier molecular flexibility index (Phi) is 16.2. The van der Waals surface area contributed by atoms with Gasteiger partial charge in [0.15, 0.2) is 5.75 Å². The molecule has 1 heterocycles. The Morgan fingerprint density at radius 2 is 1.46 bits per heavy atom. The largest absolute Gasteiger partial charge is 1.00 e. The van der Waals surface area contributed by atoms with E-state index in [2.05, 4.69) is 30.6 Å². The zero-order valence-electron chi connectivity index (χ0n) is 28.0. The topological polar surface area (TPSA) is 270 Å². The van der Waals surface area contributed by atoms with Crippen LogP contribution in [0.15, 0.2) is 92.2 Å². The van der Waals surface area contributed by atoms with Gasteiger partial charge in [0.25, 0.3) is 5.95 Å². The van der Waals surface area contributed by atoms with E-state index in [0.29, 0.717) is 34.3 Å². The third-order valence-electron chi connectivity index (χ3n) is 6.90. The summed E-state index contributed by atoms with van der Waals surface area (Å²) in [6, 6.07) is 10.4. The van der Waals surface area contributed by atoms with Crippen LogP contribution in [0.2, 0.25) is 5.02 Å². The normalized spacial score (nSPS) is 11.7. The van der Waals surface area contributed by atoms with Crippen LogP contribution in [0.5, 0.6) is 5.75 Å². The molecule has 17 nitrogen and oxygen atoms in total. The fourth-order valence-corrected chi connectivity index (χ4v) is 6.77. The second-order valence-corrected chi connectivity index (χ2v) is 14.7. The molecule has 0 aliphatic heterocycles. The van der Waals surface area contributed by atoms with Crippen molar-refractivity contribution in [2.45, 2.75) is 35.0 Å². The number of phenols is 1. The average Bonchev–Trinajstić information content (AvgIpc) is 3.02. The summed E-state index contributed by atoms with van der Waals surface area (Å²) in [5.74, 6) is -1.30. The summed E-state index contributed by atoms with van der Waals surface area (Å²) < 4.78 is 110. The number of hydrogen-bond acceptors (Lipinski definition) is 17. The maximum atomic E-state index is 12.4. The second kappa shape index (κ2) is 18.2. The van der Waals surface area contributed by atoms with Crippen molar-refractivity contribution in [3.63, 3.8) is 0 Å². The molecule has 5 aromatic rings. The SMILES string of the molecule is CCc1cc(Cl)ccc1NN(c1ncncn1)c1cc(S(=O)(=O)[O-])cc2cc(S(=O)(=O)[O-])c(N=Nc3ccc(C)cc3S(=O)(=O)[O-])c(O)c12.[Na+].[Na+].[Na+]. The third kappa shape index (κ3) is 10.5. The van der Waals surface area contributed by atoms with Crippen molar-refractivity contribution >= 4 is 81.4 Å². The predicted molar refractivity (Wildman–Crippen MR) is 171 cm³/mol. The van der Waals surface area contributed by atoms with Gasteiger partial charge in [0.2, 0.25) is 0 Å². The molecule has 4 aromatic carbocycles. The number of benzene rings is 4. The number of halogens is 1. The Morgan fingerprint density at radius 3 is 2.04 bits per heavy atom. The van der Waals surface area contributed by atoms with Crippen molar-refractivity contribution in [1.29, 1.82) is 0 Å². The van der Waals surface area contributed by atoms with Crippen molar-refractivity contribution in [3.05, 3.63) is 83.4 Å². The fraction of sp³-hybridized carbons (Fsp3) is 0.107. The van der Waals surface area contributed by atoms with E-state index in [0.717, 1.165) is 41.9 Å². The minimum atomic E-state index is -5.54. The maximum absolute atomic E-state index is 12.4. The first-order valence-corrected chi connectivity index (χ1v) is 18.2. The van der Waals surface area contributed by atoms with Crippen molar-refractivity contribution < 1.29 is 133 Å². The Bertz CT molecular complexity index is 2500. The zero-order chi connectivity index (χ0) is 35.9. The Hall–Kier alpha value is -1.83. The van der Waals surface area contributed by atoms with Crippen LogP contribution < -0.4 is 99.1 Å². The molecule has 1 aromatic heterocycles. The molecule has 5 rings (SSSR count). The number of anilines is 3. The molecule has 0 aliphatic carbocycles. The van der Waals surface area contributed by atoms with Gasteiger partial charge >= 0.3 is 88.7 Å². The minimum Gasteiger partial charge on any atom is -0.744 e. The van der Waals surface area contributed by atoms with Crippen molar-refractivity contribution in [3.8, 4) is 5.75 Å². The van der Waals surface area contributed by atoms with E-state index in [1.807, 2.05) is 6.92 Å². The predicted octanol–water partition coefficient (Wildman–Crippen LogP) is -4.44. The average molecular weight is 816 g/mol. The maximum Gasteiger partial charge on any atom is 1.00 e. The van der Waals surface area contributed by atoms with Crippen LogP contribution in [0.1, 0.15) is 18.1 Å². The molecule has 0 aliphatic rings. The molecule has 2 N–H and O–H groups in total. The summed E-state index contributed by atoms with van der Waals surface area (Å²) in [5.41, 5.74) is 2.44. The molecule has 0 saturated heterocycles. The number of nitrogens with one attached hydrogen (secondary N) is 1. The number of nitrogens with zero attached hydrogens (tertiary/aromatic N) is 6. The molecule has 0 bridgehead atoms. The number of phenolic OH excluding ortho intramolecular Hbond substituents is 1. The Labute approximate surface area is 369 Å². The summed E-state index contributed by atoms with van der Waals surface area (Å²) in [6.45, 7) is 3.31. The third-order valence-corrected chi connectivity index (χ3v) is 9.67. The monoisotopic (exact) mass is 815 g/mol. The Morgan fingerprint density at radius 1 is 0.827 bits per heavy atom. The number of hydrazine groups is 1.